The molecule has 4 fully saturated rings. The number of methoxy groups -OCH3 is 2. The number of hydrogen-bond acceptors (Lipinski definition) is 15. The van der Waals surface area contributed by atoms with Crippen molar-refractivity contribution in [3.05, 3.63) is 35.3 Å². The predicted molar refractivity (Wildman–Crippen MR) is 283 cm³/mol. The van der Waals surface area contributed by atoms with Crippen LogP contribution in [0.15, 0.2) is 35.3 Å². The van der Waals surface area contributed by atoms with E-state index in [0.29, 0.717) is 56.3 Å². The molecule has 5 aliphatic rings. The maximum atomic E-state index is 14.2. The van der Waals surface area contributed by atoms with Gasteiger partial charge >= 0.3 is 5.97 Å². The van der Waals surface area contributed by atoms with Crippen molar-refractivity contribution in [2.75, 3.05) is 58.3 Å². The third-order valence-corrected chi connectivity index (χ3v) is 16.6. The Hall–Kier alpha value is -1.73. The number of thiol groups is 1. The van der Waals surface area contributed by atoms with Gasteiger partial charge in [-0.1, -0.05) is 52.0 Å². The first kappa shape index (κ1) is 63.4. The van der Waals surface area contributed by atoms with Gasteiger partial charge in [-0.15, -0.1) is 0 Å². The molecule has 13 nitrogen and oxygen atoms in total. The van der Waals surface area contributed by atoms with Gasteiger partial charge in [0.05, 0.1) is 24.4 Å². The minimum Gasteiger partial charge on any atom is -0.456 e. The first-order valence-corrected chi connectivity index (χ1v) is 28.4. The number of piperidine rings is 1. The number of fused-ring (bicyclic) bond motifs is 3. The second-order valence-corrected chi connectivity index (χ2v) is 21.9. The molecule has 12 unspecified atom stereocenters. The minimum absolute atomic E-state index is 0.0757. The molecule has 3 N–H and O–H groups in total. The van der Waals surface area contributed by atoms with Gasteiger partial charge in [-0.2, -0.15) is 36.2 Å². The lowest BCUT2D eigenvalue weighted by Gasteiger charge is -2.45. The number of carbonyl (C=O) groups excluding carboxylic acids is 4. The summed E-state index contributed by atoms with van der Waals surface area (Å²) >= 11 is 7.39. The van der Waals surface area contributed by atoms with Gasteiger partial charge in [-0.05, 0) is 144 Å². The third kappa shape index (κ3) is 20.6. The normalized spacial score (nSPS) is 34.3. The lowest BCUT2D eigenvalue weighted by Crippen LogP contribution is -2.62. The summed E-state index contributed by atoms with van der Waals surface area (Å²) in [6.45, 7) is 16.3. The third-order valence-electron chi connectivity index (χ3n) is 13.9. The summed E-state index contributed by atoms with van der Waals surface area (Å²) in [5.41, 5.74) is 2.12. The molecule has 1 aliphatic carbocycles. The van der Waals surface area contributed by atoms with Crippen molar-refractivity contribution in [2.24, 2.45) is 23.7 Å². The van der Waals surface area contributed by atoms with E-state index in [1.165, 1.54) is 15.9 Å². The molecule has 0 radical (unpaired) electrons. The Bertz CT molecular complexity index is 1600. The number of thioether (sulfide) groups is 2. The molecule has 5 rings (SSSR count). The fraction of sp³-hybridized carbons (Fsp3) is 0.811. The molecular weight excluding hydrogens is 939 g/mol. The molecule has 12 atom stereocenters. The molecule has 2 bridgehead atoms. The Labute approximate surface area is 429 Å². The van der Waals surface area contributed by atoms with Gasteiger partial charge in [-0.3, -0.25) is 14.4 Å². The fourth-order valence-corrected chi connectivity index (χ4v) is 12.7. The van der Waals surface area contributed by atoms with E-state index in [0.717, 1.165) is 87.7 Å². The number of allylic oxidation sites excluding steroid dienone is 3. The molecule has 4 aliphatic heterocycles. The summed E-state index contributed by atoms with van der Waals surface area (Å²) in [7, 11) is 4.38. The van der Waals surface area contributed by atoms with Crippen LogP contribution in [0.4, 0.5) is 0 Å². The SMILES string of the molecule is C=CS.CC.CO.COC1CC(C)C2(O)OC1CCC(C)C/C(C)=C/CCCC(O)CC(/C(C)=C/C1CCC(SCCCSCC3CCOCC3=O)C(OC)C1)OC(=O)C1CCCCN1C(=O)C2=O. The minimum atomic E-state index is -2.35. The zero-order valence-electron chi connectivity index (χ0n) is 43.6. The molecule has 0 aromatic heterocycles. The van der Waals surface area contributed by atoms with Crippen LogP contribution in [-0.4, -0.2) is 150 Å². The molecule has 0 aromatic rings. The molecule has 0 aromatic carbocycles. The second kappa shape index (κ2) is 34.6. The first-order valence-electron chi connectivity index (χ1n) is 25.7. The number of aliphatic hydroxyl groups is 3. The Balaban J connectivity index is 0.00000221. The van der Waals surface area contributed by atoms with Gasteiger partial charge in [0.25, 0.3) is 11.7 Å². The number of hydrogen-bond donors (Lipinski definition) is 4. The highest BCUT2D eigenvalue weighted by molar-refractivity contribution is 8.00. The summed E-state index contributed by atoms with van der Waals surface area (Å²) in [6.07, 6.45) is 13.4. The van der Waals surface area contributed by atoms with Crippen LogP contribution in [0.1, 0.15) is 144 Å². The molecule has 1 saturated carbocycles. The van der Waals surface area contributed by atoms with Crippen LogP contribution < -0.4 is 0 Å². The van der Waals surface area contributed by atoms with E-state index in [9.17, 15) is 29.4 Å². The molecule has 4 heterocycles. The molecule has 3 saturated heterocycles. The quantitative estimate of drug-likeness (QED) is 0.0507. The van der Waals surface area contributed by atoms with E-state index in [1.54, 1.807) is 21.1 Å². The second-order valence-electron chi connectivity index (χ2n) is 19.1. The summed E-state index contributed by atoms with van der Waals surface area (Å²) in [6, 6.07) is -1.01. The van der Waals surface area contributed by atoms with Crippen LogP contribution in [0.3, 0.4) is 0 Å². The van der Waals surface area contributed by atoms with E-state index < -0.39 is 53.7 Å². The average Bonchev–Trinajstić information content (AvgIpc) is 3.35. The number of Topliss-reactive ketones (excluding diaryl/α,β-unsaturated/α-hetero) is 2. The largest absolute Gasteiger partial charge is 0.456 e. The summed E-state index contributed by atoms with van der Waals surface area (Å²) in [4.78, 5) is 55.8. The van der Waals surface area contributed by atoms with Crippen molar-refractivity contribution in [3.8, 4) is 0 Å². The van der Waals surface area contributed by atoms with Gasteiger partial charge in [0.15, 0.2) is 5.78 Å². The van der Waals surface area contributed by atoms with Gasteiger partial charge in [-0.25, -0.2) is 4.79 Å². The Kier molecular flexibility index (Phi) is 31.8. The van der Waals surface area contributed by atoms with Gasteiger partial charge in [0.2, 0.25) is 5.79 Å². The number of rotatable bonds is 11. The average molecular weight is 1030 g/mol. The maximum absolute atomic E-state index is 14.2. The number of cyclic esters (lactones) is 1. The number of ether oxygens (including phenoxy) is 5. The zero-order chi connectivity index (χ0) is 51.5. The zero-order valence-corrected chi connectivity index (χ0v) is 46.1. The van der Waals surface area contributed by atoms with Crippen molar-refractivity contribution in [1.29, 1.82) is 0 Å². The van der Waals surface area contributed by atoms with E-state index >= 15 is 0 Å². The van der Waals surface area contributed by atoms with Gasteiger partial charge in [0.1, 0.15) is 18.8 Å². The molecule has 16 heteroatoms. The smallest absolute Gasteiger partial charge is 0.329 e. The first-order chi connectivity index (χ1) is 33.1. The Morgan fingerprint density at radius 2 is 1.67 bits per heavy atom. The number of amides is 1. The fourth-order valence-electron chi connectivity index (χ4n) is 10.0. The van der Waals surface area contributed by atoms with Crippen molar-refractivity contribution < 1.29 is 58.2 Å². The van der Waals surface area contributed by atoms with Crippen LogP contribution in [-0.2, 0) is 42.9 Å². The Morgan fingerprint density at radius 1 is 0.957 bits per heavy atom. The van der Waals surface area contributed by atoms with Crippen LogP contribution in [0.5, 0.6) is 0 Å². The highest BCUT2D eigenvalue weighted by atomic mass is 32.2. The topological polar surface area (TPSA) is 178 Å². The van der Waals surface area contributed by atoms with Crippen molar-refractivity contribution in [2.45, 2.75) is 192 Å². The van der Waals surface area contributed by atoms with Crippen LogP contribution >= 0.6 is 36.2 Å². The molecule has 69 heavy (non-hydrogen) atoms. The summed E-state index contributed by atoms with van der Waals surface area (Å²) < 4.78 is 29.6. The number of aliphatic hydroxyl groups excluding tert-OH is 2. The molecule has 1 amide bonds. The van der Waals surface area contributed by atoms with Crippen molar-refractivity contribution in [1.82, 2.24) is 4.90 Å². The lowest BCUT2D eigenvalue weighted by atomic mass is 9.83. The molecule has 398 valence electrons. The van der Waals surface area contributed by atoms with Crippen molar-refractivity contribution >= 4 is 59.6 Å². The van der Waals surface area contributed by atoms with Crippen LogP contribution in [0.2, 0.25) is 0 Å². The van der Waals surface area contributed by atoms with Gasteiger partial charge in [0, 0.05) is 63.7 Å². The highest BCUT2D eigenvalue weighted by Crippen LogP contribution is 2.39. The molecular formula is C53H91NO12S3. The predicted octanol–water partition coefficient (Wildman–Crippen LogP) is 8.95. The number of nitrogens with zero attached hydrogens (tertiary/aromatic N) is 1. The summed E-state index contributed by atoms with van der Waals surface area (Å²) in [5, 5.41) is 32.1. The maximum Gasteiger partial charge on any atom is 0.329 e. The monoisotopic (exact) mass is 1030 g/mol. The highest BCUT2D eigenvalue weighted by Gasteiger charge is 2.55. The standard InChI is InChI=1S/C48H77NO11S2.C2H4S.C2H6.CH4O/c1-31-12-7-8-13-37(50)28-41(33(3)25-35-16-18-44(43(27-35)57-6)62-23-11-22-61-30-36-19-21-58-29-39(36)51)59-47(54)38-14-9-10-20-49(38)46(53)45(52)48(55)34(4)26-42(56-5)40(60-48)17-15-32(2)24-31;1-2-3;2*1-2/h12,25,32,34-38,40-44,50,55H,7-11,13-24,26-30H2,1-6H3;2-3H,1H2;1-2H3;2H,1H3/b31-12+,33-25+;;;. The number of esters is 1. The Morgan fingerprint density at radius 3 is 2.35 bits per heavy atom. The number of carbonyl (C=O) groups is 4. The number of ketones is 2. The lowest BCUT2D eigenvalue weighted by molar-refractivity contribution is -0.287. The van der Waals surface area contributed by atoms with Gasteiger partial charge < -0.3 is 43.9 Å². The van der Waals surface area contributed by atoms with Crippen LogP contribution in [0.25, 0.3) is 0 Å². The van der Waals surface area contributed by atoms with Crippen molar-refractivity contribution in [3.63, 3.8) is 0 Å². The van der Waals surface area contributed by atoms with E-state index in [2.05, 4.69) is 45.2 Å². The van der Waals surface area contributed by atoms with E-state index in [4.69, 9.17) is 28.8 Å². The van der Waals surface area contributed by atoms with E-state index in [1.807, 2.05) is 44.3 Å². The summed E-state index contributed by atoms with van der Waals surface area (Å²) in [5.74, 6) is -1.86. The molecule has 0 spiro atoms. The van der Waals surface area contributed by atoms with Crippen LogP contribution in [0, 0.1) is 23.7 Å². The van der Waals surface area contributed by atoms with E-state index in [-0.39, 0.29) is 49.4 Å².